The first-order chi connectivity index (χ1) is 10.2. The highest BCUT2D eigenvalue weighted by Gasteiger charge is 2.06. The minimum Gasteiger partial charge on any atom is -0.338 e. The van der Waals surface area contributed by atoms with E-state index in [0.717, 1.165) is 34.8 Å². The van der Waals surface area contributed by atoms with Crippen LogP contribution >= 0.6 is 11.8 Å². The van der Waals surface area contributed by atoms with E-state index in [2.05, 4.69) is 25.8 Å². The first-order valence-corrected chi connectivity index (χ1v) is 7.96. The second-order valence-corrected chi connectivity index (χ2v) is 5.40. The maximum absolute atomic E-state index is 11.9. The molecule has 21 heavy (non-hydrogen) atoms. The fourth-order valence-electron chi connectivity index (χ4n) is 1.95. The lowest BCUT2D eigenvalue weighted by atomic mass is 10.2. The largest absolute Gasteiger partial charge is 0.338 e. The fraction of sp³-hybridized carbons (Fsp3) is 0.357. The summed E-state index contributed by atoms with van der Waals surface area (Å²) in [7, 11) is 0. The summed E-state index contributed by atoms with van der Waals surface area (Å²) < 4.78 is 0. The van der Waals surface area contributed by atoms with E-state index < -0.39 is 0 Å². The van der Waals surface area contributed by atoms with Gasteiger partial charge in [-0.2, -0.15) is 5.10 Å². The van der Waals surface area contributed by atoms with E-state index in [1.807, 2.05) is 31.4 Å². The van der Waals surface area contributed by atoms with Crippen molar-refractivity contribution in [1.29, 1.82) is 0 Å². The van der Waals surface area contributed by atoms with Crippen molar-refractivity contribution in [2.75, 3.05) is 18.1 Å². The van der Waals surface area contributed by atoms with Crippen molar-refractivity contribution in [2.24, 2.45) is 0 Å². The number of nitrogens with one attached hydrogen (secondary N) is 3. The average molecular weight is 305 g/mol. The van der Waals surface area contributed by atoms with Gasteiger partial charge in [0, 0.05) is 23.5 Å². The highest BCUT2D eigenvalue weighted by atomic mass is 32.2. The third-order valence-electron chi connectivity index (χ3n) is 3.09. The minimum atomic E-state index is -0.186. The Morgan fingerprint density at radius 1 is 1.43 bits per heavy atom. The molecule has 0 saturated heterocycles. The molecule has 0 bridgehead atoms. The van der Waals surface area contributed by atoms with Crippen LogP contribution in [-0.2, 0) is 6.42 Å². The molecule has 0 aliphatic rings. The molecular formula is C14H19N5OS. The van der Waals surface area contributed by atoms with Crippen LogP contribution in [0.4, 0.5) is 10.5 Å². The van der Waals surface area contributed by atoms with Crippen LogP contribution in [0.25, 0.3) is 0 Å². The van der Waals surface area contributed by atoms with Crippen LogP contribution in [0.1, 0.15) is 17.8 Å². The van der Waals surface area contributed by atoms with Crippen LogP contribution in [0.3, 0.4) is 0 Å². The number of urea groups is 1. The van der Waals surface area contributed by atoms with E-state index in [4.69, 9.17) is 0 Å². The molecule has 2 rings (SSSR count). The van der Waals surface area contributed by atoms with E-state index in [1.54, 1.807) is 11.8 Å². The summed E-state index contributed by atoms with van der Waals surface area (Å²) in [6, 6.07) is 5.70. The van der Waals surface area contributed by atoms with Gasteiger partial charge in [-0.1, -0.05) is 6.07 Å². The molecule has 112 valence electrons. The molecule has 0 radical (unpaired) electrons. The second-order valence-electron chi connectivity index (χ2n) is 4.55. The summed E-state index contributed by atoms with van der Waals surface area (Å²) in [5.74, 6) is 0.834. The zero-order chi connectivity index (χ0) is 15.1. The second kappa shape index (κ2) is 7.68. The molecule has 1 aromatic carbocycles. The number of nitrogens with zero attached hydrogens (tertiary/aromatic N) is 2. The van der Waals surface area contributed by atoms with Crippen molar-refractivity contribution in [3.63, 3.8) is 0 Å². The number of carbonyl (C=O) groups excluding carboxylic acids is 1. The van der Waals surface area contributed by atoms with Gasteiger partial charge >= 0.3 is 6.03 Å². The van der Waals surface area contributed by atoms with Gasteiger partial charge in [0.15, 0.2) is 0 Å². The van der Waals surface area contributed by atoms with Gasteiger partial charge in [0.1, 0.15) is 12.2 Å². The zero-order valence-electron chi connectivity index (χ0n) is 12.1. The predicted molar refractivity (Wildman–Crippen MR) is 84.7 cm³/mol. The Morgan fingerprint density at radius 3 is 3.00 bits per heavy atom. The molecule has 0 aliphatic heterocycles. The number of hydrogen-bond donors (Lipinski definition) is 3. The Balaban J connectivity index is 1.77. The molecule has 2 aromatic rings. The summed E-state index contributed by atoms with van der Waals surface area (Å²) in [6.45, 7) is 2.60. The van der Waals surface area contributed by atoms with Gasteiger partial charge < -0.3 is 10.6 Å². The molecule has 2 amide bonds. The molecule has 6 nitrogen and oxygen atoms in total. The quantitative estimate of drug-likeness (QED) is 0.566. The number of amides is 2. The lowest BCUT2D eigenvalue weighted by molar-refractivity contribution is 0.252. The predicted octanol–water partition coefficient (Wildman–Crippen LogP) is 2.59. The highest BCUT2D eigenvalue weighted by Crippen LogP contribution is 2.25. The number of aromatic nitrogens is 3. The number of thioether (sulfide) groups is 1. The van der Waals surface area contributed by atoms with Crippen molar-refractivity contribution < 1.29 is 4.79 Å². The van der Waals surface area contributed by atoms with E-state index in [1.165, 1.54) is 6.33 Å². The van der Waals surface area contributed by atoms with Crippen molar-refractivity contribution in [1.82, 2.24) is 20.5 Å². The molecular weight excluding hydrogens is 286 g/mol. The number of carbonyl (C=O) groups is 1. The Hall–Kier alpha value is -2.02. The lowest BCUT2D eigenvalue weighted by Crippen LogP contribution is -2.30. The molecule has 0 aliphatic carbocycles. The third kappa shape index (κ3) is 4.49. The molecule has 0 atom stereocenters. The third-order valence-corrected chi connectivity index (χ3v) is 3.98. The molecule has 3 N–H and O–H groups in total. The Kier molecular flexibility index (Phi) is 5.62. The van der Waals surface area contributed by atoms with E-state index in [-0.39, 0.29) is 6.03 Å². The smallest absolute Gasteiger partial charge is 0.319 e. The van der Waals surface area contributed by atoms with E-state index in [0.29, 0.717) is 6.54 Å². The summed E-state index contributed by atoms with van der Waals surface area (Å²) in [5, 5.41) is 12.3. The monoisotopic (exact) mass is 305 g/mol. The van der Waals surface area contributed by atoms with Gasteiger partial charge in [0.25, 0.3) is 0 Å². The number of aryl methyl sites for hydroxylation is 1. The number of rotatable bonds is 6. The first-order valence-electron chi connectivity index (χ1n) is 6.73. The van der Waals surface area contributed by atoms with Crippen LogP contribution in [-0.4, -0.2) is 34.0 Å². The van der Waals surface area contributed by atoms with Gasteiger partial charge in [-0.25, -0.2) is 9.78 Å². The van der Waals surface area contributed by atoms with Crippen molar-refractivity contribution in [3.05, 3.63) is 35.9 Å². The molecule has 0 saturated carbocycles. The maximum Gasteiger partial charge on any atom is 0.319 e. The topological polar surface area (TPSA) is 82.7 Å². The summed E-state index contributed by atoms with van der Waals surface area (Å²) >= 11 is 1.67. The molecule has 0 fully saturated rings. The fourth-order valence-corrected chi connectivity index (χ4v) is 2.58. The average Bonchev–Trinajstić information content (AvgIpc) is 2.99. The number of benzene rings is 1. The van der Waals surface area contributed by atoms with Crippen molar-refractivity contribution in [2.45, 2.75) is 24.7 Å². The van der Waals surface area contributed by atoms with Gasteiger partial charge in [-0.15, -0.1) is 11.8 Å². The van der Waals surface area contributed by atoms with Crippen LogP contribution < -0.4 is 10.6 Å². The Bertz CT molecular complexity index is 585. The van der Waals surface area contributed by atoms with Gasteiger partial charge in [-0.3, -0.25) is 5.10 Å². The van der Waals surface area contributed by atoms with Crippen LogP contribution in [0.15, 0.2) is 29.4 Å². The number of hydrogen-bond acceptors (Lipinski definition) is 4. The van der Waals surface area contributed by atoms with Crippen LogP contribution in [0, 0.1) is 6.92 Å². The standard InChI is InChI=1S/C14H19N5OS/c1-10-11(5-3-6-12(10)21-2)18-14(20)15-8-4-7-13-16-9-17-19-13/h3,5-6,9H,4,7-8H2,1-2H3,(H2,15,18,20)(H,16,17,19). The minimum absolute atomic E-state index is 0.186. The van der Waals surface area contributed by atoms with Crippen LogP contribution in [0.5, 0.6) is 0 Å². The summed E-state index contributed by atoms with van der Waals surface area (Å²) in [6.07, 6.45) is 5.08. The molecule has 7 heteroatoms. The Labute approximate surface area is 128 Å². The summed E-state index contributed by atoms with van der Waals surface area (Å²) in [4.78, 5) is 17.1. The number of aromatic amines is 1. The molecule has 1 heterocycles. The number of anilines is 1. The van der Waals surface area contributed by atoms with E-state index >= 15 is 0 Å². The van der Waals surface area contributed by atoms with Gasteiger partial charge in [0.2, 0.25) is 0 Å². The van der Waals surface area contributed by atoms with Crippen molar-refractivity contribution >= 4 is 23.5 Å². The van der Waals surface area contributed by atoms with E-state index in [9.17, 15) is 4.79 Å². The normalized spacial score (nSPS) is 10.4. The molecule has 0 unspecified atom stereocenters. The molecule has 0 spiro atoms. The van der Waals surface area contributed by atoms with Gasteiger partial charge in [-0.05, 0) is 37.3 Å². The van der Waals surface area contributed by atoms with Gasteiger partial charge in [0.05, 0.1) is 0 Å². The highest BCUT2D eigenvalue weighted by molar-refractivity contribution is 7.98. The SMILES string of the molecule is CSc1cccc(NC(=O)NCCCc2ncn[nH]2)c1C. The zero-order valence-corrected chi connectivity index (χ0v) is 13.0. The van der Waals surface area contributed by atoms with Crippen molar-refractivity contribution in [3.8, 4) is 0 Å². The lowest BCUT2D eigenvalue weighted by Gasteiger charge is -2.11. The molecule has 1 aromatic heterocycles. The van der Waals surface area contributed by atoms with Crippen LogP contribution in [0.2, 0.25) is 0 Å². The first kappa shape index (κ1) is 15.4. The summed E-state index contributed by atoms with van der Waals surface area (Å²) in [5.41, 5.74) is 1.93. The Morgan fingerprint density at radius 2 is 2.29 bits per heavy atom. The number of H-pyrrole nitrogens is 1. The maximum atomic E-state index is 11.9.